The van der Waals surface area contributed by atoms with Crippen molar-refractivity contribution in [3.05, 3.63) is 82.9 Å². The predicted molar refractivity (Wildman–Crippen MR) is 170 cm³/mol. The van der Waals surface area contributed by atoms with Crippen molar-refractivity contribution in [2.24, 2.45) is 0 Å². The van der Waals surface area contributed by atoms with Gasteiger partial charge in [-0.2, -0.15) is 5.10 Å². The van der Waals surface area contributed by atoms with E-state index in [-0.39, 0.29) is 24.1 Å². The summed E-state index contributed by atoms with van der Waals surface area (Å²) in [6, 6.07) is 20.4. The van der Waals surface area contributed by atoms with Crippen LogP contribution in [0.1, 0.15) is 29.7 Å². The van der Waals surface area contributed by atoms with E-state index >= 15 is 0 Å². The van der Waals surface area contributed by atoms with Crippen molar-refractivity contribution < 1.29 is 23.8 Å². The Hall–Kier alpha value is -4.15. The summed E-state index contributed by atoms with van der Waals surface area (Å²) in [5.41, 5.74) is 3.75. The average molecular weight is 621 g/mol. The number of aromatic nitrogens is 2. The zero-order chi connectivity index (χ0) is 30.5. The van der Waals surface area contributed by atoms with Crippen molar-refractivity contribution in [1.29, 1.82) is 0 Å². The van der Waals surface area contributed by atoms with Gasteiger partial charge in [0.2, 0.25) is 11.8 Å². The third-order valence-corrected chi connectivity index (χ3v) is 8.61. The highest BCUT2D eigenvalue weighted by Crippen LogP contribution is 2.51. The van der Waals surface area contributed by atoms with Crippen molar-refractivity contribution in [3.63, 3.8) is 0 Å². The first-order valence-corrected chi connectivity index (χ1v) is 15.2. The van der Waals surface area contributed by atoms with Crippen molar-refractivity contribution in [2.75, 3.05) is 45.1 Å². The van der Waals surface area contributed by atoms with E-state index in [2.05, 4.69) is 5.32 Å². The Balaban J connectivity index is 1.82. The Morgan fingerprint density at radius 3 is 2.35 bits per heavy atom. The highest BCUT2D eigenvalue weighted by atomic mass is 35.5. The van der Waals surface area contributed by atoms with Gasteiger partial charge in [-0.15, -0.1) is 11.8 Å². The van der Waals surface area contributed by atoms with Gasteiger partial charge in [-0.05, 0) is 61.0 Å². The third-order valence-electron chi connectivity index (χ3n) is 7.12. The summed E-state index contributed by atoms with van der Waals surface area (Å²) in [7, 11) is 4.83. The third kappa shape index (κ3) is 6.30. The molecule has 2 heterocycles. The van der Waals surface area contributed by atoms with Gasteiger partial charge in [-0.25, -0.2) is 4.68 Å². The lowest BCUT2D eigenvalue weighted by molar-refractivity contribution is -0.122. The molecule has 0 radical (unpaired) electrons. The number of benzene rings is 3. The van der Waals surface area contributed by atoms with Crippen molar-refractivity contribution in [1.82, 2.24) is 15.1 Å². The fourth-order valence-electron chi connectivity index (χ4n) is 5.00. The van der Waals surface area contributed by atoms with E-state index in [0.717, 1.165) is 23.1 Å². The molecule has 0 bridgehead atoms. The number of thioether (sulfide) groups is 1. The van der Waals surface area contributed by atoms with Gasteiger partial charge in [0, 0.05) is 28.3 Å². The minimum atomic E-state index is -0.398. The van der Waals surface area contributed by atoms with Gasteiger partial charge in [0.15, 0.2) is 0 Å². The Labute approximate surface area is 260 Å². The van der Waals surface area contributed by atoms with Crippen LogP contribution in [0.5, 0.6) is 17.2 Å². The molecule has 1 atom stereocenters. The molecule has 5 rings (SSSR count). The molecule has 11 heteroatoms. The molecule has 43 heavy (non-hydrogen) atoms. The number of amides is 2. The monoisotopic (exact) mass is 620 g/mol. The summed E-state index contributed by atoms with van der Waals surface area (Å²) in [6.07, 6.45) is 0.781. The number of halogens is 1. The predicted octanol–water partition coefficient (Wildman–Crippen LogP) is 5.91. The molecule has 1 N–H and O–H groups in total. The minimum Gasteiger partial charge on any atom is -0.497 e. The Bertz CT molecular complexity index is 1610. The molecule has 0 unspecified atom stereocenters. The highest BCUT2D eigenvalue weighted by Gasteiger charge is 2.38. The Kier molecular flexibility index (Phi) is 9.47. The second-order valence-corrected chi connectivity index (χ2v) is 11.4. The maximum absolute atomic E-state index is 13.9. The first-order chi connectivity index (χ1) is 20.9. The molecule has 1 aliphatic rings. The van der Waals surface area contributed by atoms with E-state index < -0.39 is 5.25 Å². The normalized spacial score (nSPS) is 14.6. The number of carbonyl (C=O) groups is 2. The van der Waals surface area contributed by atoms with Gasteiger partial charge < -0.3 is 19.5 Å². The standard InChI is InChI=1S/C32H33ClN4O5S/c1-5-16-34-27(38)18-36-28(39)19-43-31(25-17-24(41-3)14-15-26(25)42-4)29-30(20-6-8-21(33)9-7-20)35-37(32(29)36)22-10-12-23(40-2)13-11-22/h6-15,17,31H,5,16,18-19H2,1-4H3,(H,34,38)/t31-/m1/s1. The molecule has 0 saturated heterocycles. The van der Waals surface area contributed by atoms with Crippen LogP contribution in [0, 0.1) is 0 Å². The van der Waals surface area contributed by atoms with E-state index in [1.54, 1.807) is 26.0 Å². The second kappa shape index (κ2) is 13.4. The molecule has 4 aromatic rings. The molecule has 0 spiro atoms. The zero-order valence-corrected chi connectivity index (χ0v) is 26.0. The van der Waals surface area contributed by atoms with E-state index in [4.69, 9.17) is 30.9 Å². The van der Waals surface area contributed by atoms with Crippen molar-refractivity contribution >= 4 is 41.0 Å². The lowest BCUT2D eigenvalue weighted by Gasteiger charge is -2.23. The number of hydrogen-bond acceptors (Lipinski definition) is 7. The van der Waals surface area contributed by atoms with Crippen LogP contribution in [0.4, 0.5) is 5.82 Å². The number of methoxy groups -OCH3 is 3. The summed E-state index contributed by atoms with van der Waals surface area (Å²) < 4.78 is 18.5. The maximum atomic E-state index is 13.9. The lowest BCUT2D eigenvalue weighted by Crippen LogP contribution is -2.42. The SMILES string of the molecule is CCCNC(=O)CN1C(=O)CS[C@H](c2cc(OC)ccc2OC)c2c(-c3ccc(Cl)cc3)nn(-c3ccc(OC)cc3)c21. The van der Waals surface area contributed by atoms with Crippen LogP contribution in [0.15, 0.2) is 66.7 Å². The fraction of sp³-hybridized carbons (Fsp3) is 0.281. The molecule has 1 aromatic heterocycles. The molecular weight excluding hydrogens is 588 g/mol. The van der Waals surface area contributed by atoms with Crippen LogP contribution in [-0.2, 0) is 9.59 Å². The summed E-state index contributed by atoms with van der Waals surface area (Å²) in [4.78, 5) is 28.6. The van der Waals surface area contributed by atoms with Crippen molar-refractivity contribution in [2.45, 2.75) is 18.6 Å². The second-order valence-electron chi connectivity index (χ2n) is 9.83. The number of nitrogens with zero attached hydrogens (tertiary/aromatic N) is 3. The molecule has 0 aliphatic carbocycles. The number of rotatable bonds is 10. The summed E-state index contributed by atoms with van der Waals surface area (Å²) in [5, 5.41) is 8.21. The summed E-state index contributed by atoms with van der Waals surface area (Å²) in [6.45, 7) is 2.34. The van der Waals surface area contributed by atoms with Crippen LogP contribution in [0.3, 0.4) is 0 Å². The average Bonchev–Trinajstić information content (AvgIpc) is 3.36. The van der Waals surface area contributed by atoms with Gasteiger partial charge >= 0.3 is 0 Å². The van der Waals surface area contributed by atoms with Crippen molar-refractivity contribution in [3.8, 4) is 34.2 Å². The molecule has 2 amide bonds. The number of ether oxygens (including phenoxy) is 3. The van der Waals surface area contributed by atoms with E-state index in [1.807, 2.05) is 73.7 Å². The number of hydrogen-bond donors (Lipinski definition) is 1. The van der Waals surface area contributed by atoms with E-state index in [1.165, 1.54) is 16.7 Å². The Morgan fingerprint density at radius 1 is 1.00 bits per heavy atom. The quantitative estimate of drug-likeness (QED) is 0.235. The lowest BCUT2D eigenvalue weighted by atomic mass is 9.98. The number of fused-ring (bicyclic) bond motifs is 1. The molecule has 9 nitrogen and oxygen atoms in total. The van der Waals surface area contributed by atoms with Gasteiger partial charge in [-0.1, -0.05) is 30.7 Å². The number of anilines is 1. The van der Waals surface area contributed by atoms with Crippen LogP contribution in [-0.4, -0.2) is 61.8 Å². The molecule has 0 fully saturated rings. The van der Waals surface area contributed by atoms with E-state index in [9.17, 15) is 9.59 Å². The minimum absolute atomic E-state index is 0.128. The van der Waals surface area contributed by atoms with Gasteiger partial charge in [0.1, 0.15) is 29.6 Å². The van der Waals surface area contributed by atoms with Crippen LogP contribution >= 0.6 is 23.4 Å². The smallest absolute Gasteiger partial charge is 0.240 e. The molecule has 3 aromatic carbocycles. The van der Waals surface area contributed by atoms with Crippen LogP contribution < -0.4 is 24.4 Å². The molecular formula is C32H33ClN4O5S. The number of carbonyl (C=O) groups excluding carboxylic acids is 2. The fourth-order valence-corrected chi connectivity index (χ4v) is 6.34. The van der Waals surface area contributed by atoms with Gasteiger partial charge in [0.25, 0.3) is 0 Å². The molecule has 1 aliphatic heterocycles. The topological polar surface area (TPSA) is 94.9 Å². The summed E-state index contributed by atoms with van der Waals surface area (Å²) in [5.74, 6) is 2.15. The maximum Gasteiger partial charge on any atom is 0.240 e. The first kappa shape index (κ1) is 30.3. The van der Waals surface area contributed by atoms with Crippen LogP contribution in [0.2, 0.25) is 5.02 Å². The number of nitrogens with one attached hydrogen (secondary N) is 1. The zero-order valence-electron chi connectivity index (χ0n) is 24.4. The summed E-state index contributed by atoms with van der Waals surface area (Å²) >= 11 is 7.72. The first-order valence-electron chi connectivity index (χ1n) is 13.8. The molecule has 0 saturated carbocycles. The van der Waals surface area contributed by atoms with Gasteiger partial charge in [0.05, 0.1) is 43.7 Å². The highest BCUT2D eigenvalue weighted by molar-refractivity contribution is 8.00. The van der Waals surface area contributed by atoms with Crippen LogP contribution in [0.25, 0.3) is 16.9 Å². The van der Waals surface area contributed by atoms with Gasteiger partial charge in [-0.3, -0.25) is 14.5 Å². The Morgan fingerprint density at radius 2 is 1.70 bits per heavy atom. The van der Waals surface area contributed by atoms with E-state index in [0.29, 0.717) is 46.0 Å². The molecule has 224 valence electrons. The largest absolute Gasteiger partial charge is 0.497 e.